The van der Waals surface area contributed by atoms with Crippen molar-refractivity contribution in [1.82, 2.24) is 15.0 Å². The standard InChI is InChI=1S/C11H10N4O2/c16-11(17)9-10(14-6-5-13-9)15-7-8-1-3-12-4-2-8/h1-6H,7H2,(H,14,15)(H,16,17). The van der Waals surface area contributed by atoms with Gasteiger partial charge >= 0.3 is 5.97 Å². The zero-order chi connectivity index (χ0) is 12.1. The molecule has 2 aromatic rings. The summed E-state index contributed by atoms with van der Waals surface area (Å²) in [6, 6.07) is 3.67. The molecule has 0 aromatic carbocycles. The van der Waals surface area contributed by atoms with Crippen molar-refractivity contribution in [2.24, 2.45) is 0 Å². The van der Waals surface area contributed by atoms with Crippen molar-refractivity contribution in [2.45, 2.75) is 6.54 Å². The van der Waals surface area contributed by atoms with E-state index in [-0.39, 0.29) is 11.5 Å². The number of carboxylic acids is 1. The molecule has 2 heterocycles. The number of nitrogens with zero attached hydrogens (tertiary/aromatic N) is 3. The molecule has 2 aromatic heterocycles. The molecule has 0 saturated carbocycles. The van der Waals surface area contributed by atoms with Gasteiger partial charge in [0.25, 0.3) is 0 Å². The van der Waals surface area contributed by atoms with Crippen LogP contribution in [0.1, 0.15) is 16.1 Å². The van der Waals surface area contributed by atoms with Gasteiger partial charge in [-0.1, -0.05) is 0 Å². The SMILES string of the molecule is O=C(O)c1nccnc1NCc1ccncc1. The highest BCUT2D eigenvalue weighted by atomic mass is 16.4. The lowest BCUT2D eigenvalue weighted by molar-refractivity contribution is 0.0691. The number of hydrogen-bond acceptors (Lipinski definition) is 5. The van der Waals surface area contributed by atoms with Crippen LogP contribution in [-0.2, 0) is 6.54 Å². The molecule has 0 aliphatic heterocycles. The highest BCUT2D eigenvalue weighted by Crippen LogP contribution is 2.09. The first-order chi connectivity index (χ1) is 8.27. The van der Waals surface area contributed by atoms with E-state index in [1.165, 1.54) is 12.4 Å². The second-order valence-corrected chi connectivity index (χ2v) is 3.27. The van der Waals surface area contributed by atoms with Gasteiger partial charge in [0.2, 0.25) is 0 Å². The Bertz CT molecular complexity index is 516. The Kier molecular flexibility index (Phi) is 3.25. The minimum Gasteiger partial charge on any atom is -0.476 e. The predicted molar refractivity (Wildman–Crippen MR) is 60.6 cm³/mol. The van der Waals surface area contributed by atoms with E-state index in [0.29, 0.717) is 6.54 Å². The fourth-order valence-electron chi connectivity index (χ4n) is 1.31. The molecule has 2 N–H and O–H groups in total. The van der Waals surface area contributed by atoms with E-state index in [4.69, 9.17) is 5.11 Å². The first kappa shape index (κ1) is 11.0. The molecule has 0 spiro atoms. The van der Waals surface area contributed by atoms with Crippen molar-refractivity contribution in [1.29, 1.82) is 0 Å². The fraction of sp³-hybridized carbons (Fsp3) is 0.0909. The van der Waals surface area contributed by atoms with E-state index >= 15 is 0 Å². The maximum absolute atomic E-state index is 10.9. The Morgan fingerprint density at radius 3 is 2.59 bits per heavy atom. The minimum atomic E-state index is -1.10. The number of carbonyl (C=O) groups is 1. The summed E-state index contributed by atoms with van der Waals surface area (Å²) in [4.78, 5) is 22.5. The van der Waals surface area contributed by atoms with Crippen LogP contribution in [0.2, 0.25) is 0 Å². The molecule has 0 saturated heterocycles. The van der Waals surface area contributed by atoms with Crippen LogP contribution >= 0.6 is 0 Å². The number of aromatic carboxylic acids is 1. The lowest BCUT2D eigenvalue weighted by Gasteiger charge is -2.06. The molecule has 6 nitrogen and oxygen atoms in total. The molecule has 0 radical (unpaired) electrons. The Balaban J connectivity index is 2.12. The second-order valence-electron chi connectivity index (χ2n) is 3.27. The molecule has 2 rings (SSSR count). The molecule has 0 amide bonds. The summed E-state index contributed by atoms with van der Waals surface area (Å²) in [5.41, 5.74) is 0.906. The van der Waals surface area contributed by atoms with Gasteiger partial charge in [0, 0.05) is 31.3 Å². The van der Waals surface area contributed by atoms with Crippen LogP contribution in [0.15, 0.2) is 36.9 Å². The van der Waals surface area contributed by atoms with Gasteiger partial charge in [-0.15, -0.1) is 0 Å². The van der Waals surface area contributed by atoms with Gasteiger partial charge in [0.15, 0.2) is 11.5 Å². The minimum absolute atomic E-state index is 0.0819. The van der Waals surface area contributed by atoms with Gasteiger partial charge in [0.1, 0.15) is 0 Å². The molecular weight excluding hydrogens is 220 g/mol. The van der Waals surface area contributed by atoms with Crippen molar-refractivity contribution >= 4 is 11.8 Å². The summed E-state index contributed by atoms with van der Waals surface area (Å²) in [5.74, 6) is -0.841. The van der Waals surface area contributed by atoms with E-state index < -0.39 is 5.97 Å². The summed E-state index contributed by atoms with van der Waals surface area (Å²) in [5, 5.41) is 11.8. The van der Waals surface area contributed by atoms with E-state index in [2.05, 4.69) is 20.3 Å². The molecule has 6 heteroatoms. The van der Waals surface area contributed by atoms with Crippen LogP contribution in [0.4, 0.5) is 5.82 Å². The third-order valence-electron chi connectivity index (χ3n) is 2.11. The number of nitrogens with one attached hydrogen (secondary N) is 1. The average Bonchev–Trinajstić information content (AvgIpc) is 2.38. The summed E-state index contributed by atoms with van der Waals surface area (Å²) in [6.45, 7) is 0.474. The first-order valence-corrected chi connectivity index (χ1v) is 4.94. The molecule has 17 heavy (non-hydrogen) atoms. The number of anilines is 1. The van der Waals surface area contributed by atoms with Gasteiger partial charge in [-0.05, 0) is 17.7 Å². The lowest BCUT2D eigenvalue weighted by atomic mass is 10.2. The molecule has 0 aliphatic carbocycles. The normalized spacial score (nSPS) is 9.88. The molecule has 0 bridgehead atoms. The Morgan fingerprint density at radius 1 is 1.18 bits per heavy atom. The Morgan fingerprint density at radius 2 is 1.88 bits per heavy atom. The molecule has 0 unspecified atom stereocenters. The summed E-state index contributed by atoms with van der Waals surface area (Å²) >= 11 is 0. The van der Waals surface area contributed by atoms with E-state index in [1.807, 2.05) is 12.1 Å². The quantitative estimate of drug-likeness (QED) is 0.820. The van der Waals surface area contributed by atoms with E-state index in [0.717, 1.165) is 5.56 Å². The van der Waals surface area contributed by atoms with E-state index in [9.17, 15) is 4.79 Å². The largest absolute Gasteiger partial charge is 0.476 e. The van der Waals surface area contributed by atoms with Gasteiger partial charge in [-0.3, -0.25) is 4.98 Å². The van der Waals surface area contributed by atoms with Gasteiger partial charge in [-0.25, -0.2) is 14.8 Å². The van der Waals surface area contributed by atoms with Gasteiger partial charge in [0.05, 0.1) is 0 Å². The van der Waals surface area contributed by atoms with Crippen LogP contribution in [-0.4, -0.2) is 26.0 Å². The zero-order valence-electron chi connectivity index (χ0n) is 8.87. The van der Waals surface area contributed by atoms with Crippen LogP contribution in [0.5, 0.6) is 0 Å². The Labute approximate surface area is 97.4 Å². The maximum atomic E-state index is 10.9. The molecular formula is C11H10N4O2. The maximum Gasteiger partial charge on any atom is 0.358 e. The number of hydrogen-bond donors (Lipinski definition) is 2. The van der Waals surface area contributed by atoms with E-state index in [1.54, 1.807) is 12.4 Å². The highest BCUT2D eigenvalue weighted by molar-refractivity contribution is 5.90. The smallest absolute Gasteiger partial charge is 0.358 e. The topological polar surface area (TPSA) is 88.0 Å². The molecule has 0 atom stereocenters. The monoisotopic (exact) mass is 230 g/mol. The number of pyridine rings is 1. The van der Waals surface area contributed by atoms with Crippen LogP contribution in [0.3, 0.4) is 0 Å². The summed E-state index contributed by atoms with van der Waals surface area (Å²) in [7, 11) is 0. The fourth-order valence-corrected chi connectivity index (χ4v) is 1.31. The van der Waals surface area contributed by atoms with Gasteiger partial charge in [-0.2, -0.15) is 0 Å². The van der Waals surface area contributed by atoms with Crippen LogP contribution in [0, 0.1) is 0 Å². The summed E-state index contributed by atoms with van der Waals surface area (Å²) in [6.07, 6.45) is 6.14. The van der Waals surface area contributed by atoms with Gasteiger partial charge < -0.3 is 10.4 Å². The first-order valence-electron chi connectivity index (χ1n) is 4.94. The highest BCUT2D eigenvalue weighted by Gasteiger charge is 2.11. The average molecular weight is 230 g/mol. The third kappa shape index (κ3) is 2.75. The van der Waals surface area contributed by atoms with Crippen molar-refractivity contribution in [3.8, 4) is 0 Å². The predicted octanol–water partition coefficient (Wildman–Crippen LogP) is 1.18. The second kappa shape index (κ2) is 5.02. The molecule has 0 fully saturated rings. The van der Waals surface area contributed by atoms with Crippen molar-refractivity contribution in [3.05, 3.63) is 48.2 Å². The third-order valence-corrected chi connectivity index (χ3v) is 2.11. The van der Waals surface area contributed by atoms with Crippen LogP contribution < -0.4 is 5.32 Å². The Hall–Kier alpha value is -2.50. The van der Waals surface area contributed by atoms with Crippen molar-refractivity contribution < 1.29 is 9.90 Å². The van der Waals surface area contributed by atoms with Crippen molar-refractivity contribution in [3.63, 3.8) is 0 Å². The number of rotatable bonds is 4. The summed E-state index contributed by atoms with van der Waals surface area (Å²) < 4.78 is 0. The van der Waals surface area contributed by atoms with Crippen molar-refractivity contribution in [2.75, 3.05) is 5.32 Å². The molecule has 86 valence electrons. The lowest BCUT2D eigenvalue weighted by Crippen LogP contribution is -2.10. The number of carboxylic acid groups (broad SMARTS) is 1. The zero-order valence-corrected chi connectivity index (χ0v) is 8.87. The molecule has 0 aliphatic rings. The van der Waals surface area contributed by atoms with Crippen LogP contribution in [0.25, 0.3) is 0 Å². The number of aromatic nitrogens is 3.